The van der Waals surface area contributed by atoms with Crippen LogP contribution in [-0.2, 0) is 6.54 Å². The molecule has 0 spiro atoms. The van der Waals surface area contributed by atoms with E-state index in [-0.39, 0.29) is 10.6 Å². The van der Waals surface area contributed by atoms with Gasteiger partial charge >= 0.3 is 0 Å². The van der Waals surface area contributed by atoms with Crippen LogP contribution in [0.4, 0.5) is 11.4 Å². The highest BCUT2D eigenvalue weighted by Gasteiger charge is 2.15. The lowest BCUT2D eigenvalue weighted by Crippen LogP contribution is -2.17. The average molecular weight is 277 g/mol. The van der Waals surface area contributed by atoms with Crippen molar-refractivity contribution in [3.8, 4) is 0 Å². The highest BCUT2D eigenvalue weighted by Crippen LogP contribution is 2.27. The maximum atomic E-state index is 11.0. The Morgan fingerprint density at radius 2 is 1.95 bits per heavy atom. The van der Waals surface area contributed by atoms with E-state index in [9.17, 15) is 10.1 Å². The summed E-state index contributed by atoms with van der Waals surface area (Å²) in [5.74, 6) is 0. The summed E-state index contributed by atoms with van der Waals surface area (Å²) in [6.45, 7) is 0.561. The molecule has 19 heavy (non-hydrogen) atoms. The van der Waals surface area contributed by atoms with E-state index in [0.717, 1.165) is 5.56 Å². The van der Waals surface area contributed by atoms with Crippen molar-refractivity contribution in [1.29, 1.82) is 0 Å². The van der Waals surface area contributed by atoms with Gasteiger partial charge in [0.05, 0.1) is 4.92 Å². The number of hydrogen-bond acceptors (Lipinski definition) is 3. The van der Waals surface area contributed by atoms with E-state index in [0.29, 0.717) is 17.3 Å². The average Bonchev–Trinajstić information content (AvgIpc) is 2.38. The van der Waals surface area contributed by atoms with Gasteiger partial charge in [-0.2, -0.15) is 0 Å². The fourth-order valence-corrected chi connectivity index (χ4v) is 2.15. The van der Waals surface area contributed by atoms with Gasteiger partial charge in [-0.3, -0.25) is 10.1 Å². The van der Waals surface area contributed by atoms with E-state index in [4.69, 9.17) is 11.6 Å². The Hall–Kier alpha value is -2.07. The van der Waals surface area contributed by atoms with Gasteiger partial charge in [0, 0.05) is 24.7 Å². The lowest BCUT2D eigenvalue weighted by atomic mass is 10.2. The predicted octanol–water partition coefficient (Wildman–Crippen LogP) is 3.88. The van der Waals surface area contributed by atoms with E-state index in [1.54, 1.807) is 24.3 Å². The largest absolute Gasteiger partial charge is 0.365 e. The van der Waals surface area contributed by atoms with Gasteiger partial charge in [-0.25, -0.2) is 0 Å². The first kappa shape index (κ1) is 13.4. The third-order valence-electron chi connectivity index (χ3n) is 2.80. The van der Waals surface area contributed by atoms with Crippen molar-refractivity contribution >= 4 is 23.0 Å². The topological polar surface area (TPSA) is 46.4 Å². The molecule has 98 valence electrons. The quantitative estimate of drug-likeness (QED) is 0.629. The summed E-state index contributed by atoms with van der Waals surface area (Å²) in [5.41, 5.74) is 1.70. The Bertz CT molecular complexity index is 602. The van der Waals surface area contributed by atoms with Crippen molar-refractivity contribution in [2.75, 3.05) is 11.9 Å². The van der Waals surface area contributed by atoms with Gasteiger partial charge in [0.2, 0.25) is 0 Å². The van der Waals surface area contributed by atoms with E-state index in [2.05, 4.69) is 0 Å². The van der Waals surface area contributed by atoms with Crippen molar-refractivity contribution in [2.45, 2.75) is 6.54 Å². The Morgan fingerprint density at radius 3 is 2.63 bits per heavy atom. The smallest absolute Gasteiger partial charge is 0.292 e. The molecule has 2 rings (SSSR count). The molecule has 0 aromatic heterocycles. The second kappa shape index (κ2) is 5.71. The SMILES string of the molecule is CN(Cc1cccc(Cl)c1)c1ccccc1[N+](=O)[O-]. The van der Waals surface area contributed by atoms with Gasteiger partial charge in [-0.15, -0.1) is 0 Å². The Balaban J connectivity index is 2.25. The van der Waals surface area contributed by atoms with Crippen molar-refractivity contribution in [3.63, 3.8) is 0 Å². The molecule has 0 fully saturated rings. The molecule has 0 N–H and O–H groups in total. The number of anilines is 1. The molecule has 0 atom stereocenters. The Labute approximate surface area is 116 Å². The van der Waals surface area contributed by atoms with Crippen LogP contribution < -0.4 is 4.90 Å². The summed E-state index contributed by atoms with van der Waals surface area (Å²) < 4.78 is 0. The molecule has 0 radical (unpaired) electrons. The van der Waals surface area contributed by atoms with Gasteiger partial charge in [-0.1, -0.05) is 35.9 Å². The van der Waals surface area contributed by atoms with Gasteiger partial charge in [-0.05, 0) is 23.8 Å². The minimum Gasteiger partial charge on any atom is -0.365 e. The number of nitro benzene ring substituents is 1. The molecule has 4 nitrogen and oxygen atoms in total. The monoisotopic (exact) mass is 276 g/mol. The standard InChI is InChI=1S/C14H13ClN2O2/c1-16(10-11-5-4-6-12(15)9-11)13-7-2-3-8-14(13)17(18)19/h2-9H,10H2,1H3. The van der Waals surface area contributed by atoms with E-state index >= 15 is 0 Å². The van der Waals surface area contributed by atoms with Crippen LogP contribution in [0.25, 0.3) is 0 Å². The third kappa shape index (κ3) is 3.23. The second-order valence-electron chi connectivity index (χ2n) is 4.23. The van der Waals surface area contributed by atoms with Crippen LogP contribution in [0.15, 0.2) is 48.5 Å². The van der Waals surface area contributed by atoms with Crippen molar-refractivity contribution in [1.82, 2.24) is 0 Å². The van der Waals surface area contributed by atoms with Gasteiger partial charge < -0.3 is 4.90 Å². The van der Waals surface area contributed by atoms with Gasteiger partial charge in [0.15, 0.2) is 0 Å². The second-order valence-corrected chi connectivity index (χ2v) is 4.67. The van der Waals surface area contributed by atoms with Crippen LogP contribution in [0.3, 0.4) is 0 Å². The first-order chi connectivity index (χ1) is 9.08. The summed E-state index contributed by atoms with van der Waals surface area (Å²) in [6, 6.07) is 14.2. The summed E-state index contributed by atoms with van der Waals surface area (Å²) in [7, 11) is 1.82. The van der Waals surface area contributed by atoms with E-state index in [1.807, 2.05) is 30.1 Å². The van der Waals surface area contributed by atoms with Crippen molar-refractivity contribution in [2.24, 2.45) is 0 Å². The molecule has 5 heteroatoms. The lowest BCUT2D eigenvalue weighted by molar-refractivity contribution is -0.384. The van der Waals surface area contributed by atoms with Crippen LogP contribution in [0, 0.1) is 10.1 Å². The zero-order chi connectivity index (χ0) is 13.8. The van der Waals surface area contributed by atoms with Crippen LogP contribution in [0.2, 0.25) is 5.02 Å². The lowest BCUT2D eigenvalue weighted by Gasteiger charge is -2.19. The Morgan fingerprint density at radius 1 is 1.21 bits per heavy atom. The summed E-state index contributed by atoms with van der Waals surface area (Å²) >= 11 is 5.93. The molecule has 0 aliphatic carbocycles. The van der Waals surface area contributed by atoms with Gasteiger partial charge in [0.1, 0.15) is 5.69 Å². The van der Waals surface area contributed by atoms with Crippen LogP contribution in [0.5, 0.6) is 0 Å². The predicted molar refractivity (Wildman–Crippen MR) is 76.7 cm³/mol. The first-order valence-corrected chi connectivity index (χ1v) is 6.15. The molecule has 0 saturated heterocycles. The molecular weight excluding hydrogens is 264 g/mol. The zero-order valence-electron chi connectivity index (χ0n) is 10.4. The summed E-state index contributed by atoms with van der Waals surface area (Å²) in [4.78, 5) is 12.5. The van der Waals surface area contributed by atoms with Crippen molar-refractivity contribution < 1.29 is 4.92 Å². The highest BCUT2D eigenvalue weighted by molar-refractivity contribution is 6.30. The van der Waals surface area contributed by atoms with E-state index < -0.39 is 0 Å². The molecule has 0 unspecified atom stereocenters. The van der Waals surface area contributed by atoms with Crippen LogP contribution in [0.1, 0.15) is 5.56 Å². The third-order valence-corrected chi connectivity index (χ3v) is 3.03. The van der Waals surface area contributed by atoms with Crippen molar-refractivity contribution in [3.05, 3.63) is 69.2 Å². The number of benzene rings is 2. The normalized spacial score (nSPS) is 10.2. The maximum Gasteiger partial charge on any atom is 0.292 e. The summed E-state index contributed by atoms with van der Waals surface area (Å²) in [5, 5.41) is 11.7. The van der Waals surface area contributed by atoms with E-state index in [1.165, 1.54) is 6.07 Å². The minimum absolute atomic E-state index is 0.104. The molecule has 0 amide bonds. The maximum absolute atomic E-state index is 11.0. The number of nitro groups is 1. The fraction of sp³-hybridized carbons (Fsp3) is 0.143. The molecule has 0 saturated carbocycles. The fourth-order valence-electron chi connectivity index (χ4n) is 1.94. The molecular formula is C14H13ClN2O2. The number of rotatable bonds is 4. The Kier molecular flexibility index (Phi) is 4.02. The minimum atomic E-state index is -0.371. The van der Waals surface area contributed by atoms with Crippen LogP contribution in [-0.4, -0.2) is 12.0 Å². The number of halogens is 1. The molecule has 0 aliphatic rings. The number of hydrogen-bond donors (Lipinski definition) is 0. The number of para-hydroxylation sites is 2. The summed E-state index contributed by atoms with van der Waals surface area (Å²) in [6.07, 6.45) is 0. The first-order valence-electron chi connectivity index (χ1n) is 5.77. The molecule has 2 aromatic carbocycles. The molecule has 2 aromatic rings. The zero-order valence-corrected chi connectivity index (χ0v) is 11.2. The molecule has 0 aliphatic heterocycles. The number of nitrogens with zero attached hydrogens (tertiary/aromatic N) is 2. The van der Waals surface area contributed by atoms with Crippen LogP contribution >= 0.6 is 11.6 Å². The highest BCUT2D eigenvalue weighted by atomic mass is 35.5. The molecule has 0 bridgehead atoms. The molecule has 0 heterocycles. The van der Waals surface area contributed by atoms with Gasteiger partial charge in [0.25, 0.3) is 5.69 Å².